The van der Waals surface area contributed by atoms with E-state index in [4.69, 9.17) is 0 Å². The maximum atomic E-state index is 2.49. The largest absolute Gasteiger partial charge is 0.309 e. The zero-order valence-corrected chi connectivity index (χ0v) is 52.0. The monoisotopic (exact) mass is 1210 g/mol. The summed E-state index contributed by atoms with van der Waals surface area (Å²) < 4.78 is 7.72. The molecule has 0 spiro atoms. The summed E-state index contributed by atoms with van der Waals surface area (Å²) in [6.07, 6.45) is 0. The first-order valence-corrected chi connectivity index (χ1v) is 33.7. The molecule has 0 bridgehead atoms. The molecule has 0 amide bonds. The highest BCUT2D eigenvalue weighted by molar-refractivity contribution is 7.27. The van der Waals surface area contributed by atoms with E-state index in [0.717, 1.165) is 5.69 Å². The van der Waals surface area contributed by atoms with Gasteiger partial charge >= 0.3 is 0 Å². The maximum Gasteiger partial charge on any atom is 0.0541 e. The molecule has 0 fully saturated rings. The quantitative estimate of drug-likeness (QED) is 0.111. The average molecular weight is 1210 g/mol. The number of hydrogen-bond acceptors (Lipinski definition) is 2. The van der Waals surface area contributed by atoms with Crippen molar-refractivity contribution >= 4 is 149 Å². The van der Waals surface area contributed by atoms with Crippen LogP contribution in [0.15, 0.2) is 322 Å². The van der Waals surface area contributed by atoms with Gasteiger partial charge in [0.25, 0.3) is 0 Å². The third kappa shape index (κ3) is 8.04. The van der Waals surface area contributed by atoms with E-state index in [0.29, 0.717) is 0 Å². The molecule has 0 saturated carbocycles. The third-order valence-electron chi connectivity index (χ3n) is 20.0. The van der Waals surface area contributed by atoms with Crippen molar-refractivity contribution in [3.8, 4) is 72.4 Å². The molecule has 0 atom stereocenters. The lowest BCUT2D eigenvalue weighted by Crippen LogP contribution is -1.95. The van der Waals surface area contributed by atoms with Crippen molar-refractivity contribution in [1.82, 2.24) is 4.57 Å². The molecule has 1 nitrogen and oxygen atoms in total. The first-order valence-electron chi connectivity index (χ1n) is 32.0. The number of fused-ring (bicyclic) bond motifs is 17. The van der Waals surface area contributed by atoms with Gasteiger partial charge in [0.15, 0.2) is 0 Å². The first-order chi connectivity index (χ1) is 46.1. The Kier molecular flexibility index (Phi) is 11.6. The van der Waals surface area contributed by atoms with Gasteiger partial charge in [-0.2, -0.15) is 0 Å². The molecule has 0 unspecified atom stereocenters. The molecule has 3 aromatic heterocycles. The van der Waals surface area contributed by atoms with Crippen LogP contribution in [0.3, 0.4) is 0 Å². The zero-order valence-electron chi connectivity index (χ0n) is 50.4. The highest BCUT2D eigenvalue weighted by Crippen LogP contribution is 2.50. The molecule has 430 valence electrons. The van der Waals surface area contributed by atoms with Crippen LogP contribution in [0, 0.1) is 0 Å². The van der Waals surface area contributed by atoms with Crippen molar-refractivity contribution in [2.45, 2.75) is 0 Å². The molecular formula is C90H53NS2. The lowest BCUT2D eigenvalue weighted by molar-refractivity contribution is 1.18. The highest BCUT2D eigenvalue weighted by atomic mass is 32.1. The second-order valence-corrected chi connectivity index (χ2v) is 27.0. The summed E-state index contributed by atoms with van der Waals surface area (Å²) in [5, 5.41) is 22.8. The molecule has 0 aliphatic heterocycles. The van der Waals surface area contributed by atoms with E-state index in [9.17, 15) is 0 Å². The predicted molar refractivity (Wildman–Crippen MR) is 404 cm³/mol. The Balaban J connectivity index is 0.766. The van der Waals surface area contributed by atoms with Gasteiger partial charge in [-0.1, -0.05) is 273 Å². The molecule has 93 heavy (non-hydrogen) atoms. The molecule has 3 heteroatoms. The van der Waals surface area contributed by atoms with Gasteiger partial charge in [-0.05, 0) is 180 Å². The molecule has 0 radical (unpaired) electrons. The van der Waals surface area contributed by atoms with E-state index in [-0.39, 0.29) is 0 Å². The van der Waals surface area contributed by atoms with E-state index in [1.807, 2.05) is 22.7 Å². The van der Waals surface area contributed by atoms with Crippen LogP contribution in [0.2, 0.25) is 0 Å². The lowest BCUT2D eigenvalue weighted by atomic mass is 9.86. The fraction of sp³-hybridized carbons (Fsp3) is 0. The van der Waals surface area contributed by atoms with Crippen molar-refractivity contribution in [3.63, 3.8) is 0 Å². The van der Waals surface area contributed by atoms with Crippen LogP contribution in [0.5, 0.6) is 0 Å². The fourth-order valence-corrected chi connectivity index (χ4v) is 18.4. The van der Waals surface area contributed by atoms with Crippen molar-refractivity contribution in [2.75, 3.05) is 0 Å². The minimum Gasteiger partial charge on any atom is -0.309 e. The summed E-state index contributed by atoms with van der Waals surface area (Å²) >= 11 is 3.85. The first kappa shape index (κ1) is 52.3. The number of hydrogen-bond donors (Lipinski definition) is 0. The number of nitrogens with zero attached hydrogens (tertiary/aromatic N) is 1. The Morgan fingerprint density at radius 3 is 0.871 bits per heavy atom. The van der Waals surface area contributed by atoms with Gasteiger partial charge in [0.05, 0.1) is 11.0 Å². The van der Waals surface area contributed by atoms with E-state index >= 15 is 0 Å². The van der Waals surface area contributed by atoms with Crippen LogP contribution in [0.25, 0.3) is 199 Å². The van der Waals surface area contributed by atoms with Gasteiger partial charge in [-0.3, -0.25) is 0 Å². The minimum absolute atomic E-state index is 1.12. The Bertz CT molecular complexity index is 6190. The van der Waals surface area contributed by atoms with Crippen LogP contribution < -0.4 is 0 Å². The van der Waals surface area contributed by atoms with Crippen LogP contribution in [-0.2, 0) is 0 Å². The topological polar surface area (TPSA) is 4.93 Å². The smallest absolute Gasteiger partial charge is 0.0541 e. The van der Waals surface area contributed by atoms with Crippen molar-refractivity contribution < 1.29 is 0 Å². The molecule has 0 saturated heterocycles. The van der Waals surface area contributed by atoms with E-state index < -0.39 is 0 Å². The minimum atomic E-state index is 1.12. The average Bonchev–Trinajstić information content (AvgIpc) is 1.39. The number of benzene rings is 17. The summed E-state index contributed by atoms with van der Waals surface area (Å²) in [4.78, 5) is 0. The van der Waals surface area contributed by atoms with Crippen LogP contribution in [-0.4, -0.2) is 4.57 Å². The number of aromatic nitrogens is 1. The molecule has 0 aliphatic carbocycles. The lowest BCUT2D eigenvalue weighted by Gasteiger charge is -2.18. The van der Waals surface area contributed by atoms with Crippen LogP contribution in [0.1, 0.15) is 0 Å². The van der Waals surface area contributed by atoms with E-state index in [1.54, 1.807) is 0 Å². The second kappa shape index (κ2) is 20.5. The Morgan fingerprint density at radius 1 is 0.183 bits per heavy atom. The zero-order chi connectivity index (χ0) is 60.8. The predicted octanol–water partition coefficient (Wildman–Crippen LogP) is 26.4. The summed E-state index contributed by atoms with van der Waals surface area (Å²) in [7, 11) is 0. The molecule has 0 aliphatic rings. The van der Waals surface area contributed by atoms with Gasteiger partial charge < -0.3 is 4.57 Å². The van der Waals surface area contributed by atoms with Gasteiger partial charge in [-0.15, -0.1) is 22.7 Å². The fourth-order valence-electron chi connectivity index (χ4n) is 15.7. The summed E-state index contributed by atoms with van der Waals surface area (Å²) in [5.74, 6) is 0. The maximum absolute atomic E-state index is 2.49. The Labute approximate surface area is 544 Å². The number of thiophene rings is 2. The van der Waals surface area contributed by atoms with Crippen molar-refractivity contribution in [2.24, 2.45) is 0 Å². The number of rotatable bonds is 7. The molecule has 20 aromatic rings. The Morgan fingerprint density at radius 2 is 0.473 bits per heavy atom. The summed E-state index contributed by atoms with van der Waals surface area (Å²) in [5.41, 5.74) is 18.3. The van der Waals surface area contributed by atoms with Gasteiger partial charge in [0.1, 0.15) is 0 Å². The molecule has 3 heterocycles. The SMILES string of the molecule is c1ccc(-c2c3ccccc3c(-c3ccc(-n4c5ccc(-c6cccc7c6sc6c(-c8ccc9ccc%10ccccc%10c9c8)cccc67)cc5c5cc(-c6cccc7c6sc6c(-c8ccc9ccc%10ccccc%10c9c8)cccc67)ccc54)cc3)c3ccccc23)cc1. The van der Waals surface area contributed by atoms with Gasteiger partial charge in [-0.25, -0.2) is 0 Å². The van der Waals surface area contributed by atoms with Gasteiger partial charge in [0, 0.05) is 56.8 Å². The van der Waals surface area contributed by atoms with Crippen LogP contribution >= 0.6 is 22.7 Å². The molecule has 17 aromatic carbocycles. The summed E-state index contributed by atoms with van der Waals surface area (Å²) in [6.45, 7) is 0. The molecule has 20 rings (SSSR count). The third-order valence-corrected chi connectivity index (χ3v) is 22.5. The van der Waals surface area contributed by atoms with Crippen molar-refractivity contribution in [1.29, 1.82) is 0 Å². The normalized spacial score (nSPS) is 12.1. The van der Waals surface area contributed by atoms with Gasteiger partial charge in [0.2, 0.25) is 0 Å². The molecular weight excluding hydrogens is 1160 g/mol. The van der Waals surface area contributed by atoms with E-state index in [1.165, 1.54) is 194 Å². The highest BCUT2D eigenvalue weighted by Gasteiger charge is 2.22. The van der Waals surface area contributed by atoms with E-state index in [2.05, 4.69) is 326 Å². The summed E-state index contributed by atoms with van der Waals surface area (Å²) in [6, 6.07) is 121. The second-order valence-electron chi connectivity index (χ2n) is 24.9. The standard InChI is InChI=1S/C90H53NS2/c1-2-18-58(19-3-1)85-71-22-8-10-24-73(71)86(74-25-11-9-23-72(74)85)59-42-46-64(47-43-59)91-83-48-44-62(69-28-14-32-77-75-30-12-26-67(87(75)92-89(69)77)60-40-38-56-36-34-54-16-4-6-20-65(54)79(56)50-60)52-81(83)82-53-63(45-49-84(82)91)70-29-15-33-78-76-31-13-27-68(88(76)93-90(70)78)61-41-39-57-37-35-55-17-5-7-21-66(55)80(57)51-61/h1-53H. The Hall–Kier alpha value is -11.5. The molecule has 0 N–H and O–H groups in total. The van der Waals surface area contributed by atoms with Crippen molar-refractivity contribution in [3.05, 3.63) is 322 Å². The van der Waals surface area contributed by atoms with Crippen LogP contribution in [0.4, 0.5) is 0 Å².